The van der Waals surface area contributed by atoms with E-state index in [-0.39, 0.29) is 12.0 Å². The third-order valence-corrected chi connectivity index (χ3v) is 4.39. The molecular weight excluding hydrogens is 354 g/mol. The minimum Gasteiger partial charge on any atom is -0.469 e. The molecule has 0 aliphatic heterocycles. The number of carbonyl (C=O) groups excluding carboxylic acids is 1. The molecule has 1 N–H and O–H groups in total. The van der Waals surface area contributed by atoms with E-state index < -0.39 is 5.97 Å². The Balaban J connectivity index is 2.14. The zero-order valence-electron chi connectivity index (χ0n) is 16.4. The van der Waals surface area contributed by atoms with E-state index in [0.29, 0.717) is 22.7 Å². The summed E-state index contributed by atoms with van der Waals surface area (Å²) in [5.74, 6) is -0.429. The summed E-state index contributed by atoms with van der Waals surface area (Å²) in [7, 11) is 1.32. The van der Waals surface area contributed by atoms with Crippen LogP contribution in [-0.2, 0) is 16.0 Å². The van der Waals surface area contributed by atoms with E-state index in [2.05, 4.69) is 16.2 Å². The Morgan fingerprint density at radius 3 is 2.36 bits per heavy atom. The van der Waals surface area contributed by atoms with Gasteiger partial charge in [0, 0.05) is 0 Å². The fraction of sp³-hybridized carbons (Fsp3) is 0.227. The van der Waals surface area contributed by atoms with Crippen molar-refractivity contribution in [2.24, 2.45) is 4.99 Å². The van der Waals surface area contributed by atoms with Gasteiger partial charge in [-0.2, -0.15) is 0 Å². The van der Waals surface area contributed by atoms with Crippen molar-refractivity contribution in [2.75, 3.05) is 7.11 Å². The number of carbonyl (C=O) groups is 1. The molecule has 0 unspecified atom stereocenters. The Kier molecular flexibility index (Phi) is 5.59. The maximum atomic E-state index is 13.1. The number of H-pyrrole nitrogens is 1. The topological polar surface area (TPSA) is 76.5 Å². The quantitative estimate of drug-likeness (QED) is 0.545. The number of hydrogen-bond donors (Lipinski definition) is 1. The number of nitrogens with one attached hydrogen (secondary N) is 1. The van der Waals surface area contributed by atoms with E-state index in [4.69, 9.17) is 4.74 Å². The normalized spacial score (nSPS) is 11.5. The second kappa shape index (κ2) is 8.08. The van der Waals surface area contributed by atoms with Crippen molar-refractivity contribution in [1.82, 2.24) is 9.78 Å². The highest BCUT2D eigenvalue weighted by Crippen LogP contribution is 2.19. The van der Waals surface area contributed by atoms with E-state index in [1.54, 1.807) is 6.92 Å². The third kappa shape index (κ3) is 4.11. The number of hydrogen-bond acceptors (Lipinski definition) is 4. The van der Waals surface area contributed by atoms with Gasteiger partial charge in [0.05, 0.1) is 41.9 Å². The second-order valence-corrected chi connectivity index (χ2v) is 6.74. The van der Waals surface area contributed by atoms with Crippen LogP contribution in [0.25, 0.3) is 5.69 Å². The molecule has 0 saturated carbocycles. The molecule has 0 aliphatic rings. The van der Waals surface area contributed by atoms with E-state index >= 15 is 0 Å². The number of rotatable bonds is 5. The molecule has 28 heavy (non-hydrogen) atoms. The van der Waals surface area contributed by atoms with Gasteiger partial charge in [0.2, 0.25) is 0 Å². The van der Waals surface area contributed by atoms with E-state index in [9.17, 15) is 9.59 Å². The lowest BCUT2D eigenvalue weighted by Gasteiger charge is -2.04. The third-order valence-electron chi connectivity index (χ3n) is 4.39. The first-order valence-corrected chi connectivity index (χ1v) is 8.99. The fourth-order valence-corrected chi connectivity index (χ4v) is 3.22. The predicted molar refractivity (Wildman–Crippen MR) is 110 cm³/mol. The molecule has 0 aliphatic carbocycles. The number of ether oxygens (including phenoxy) is 1. The maximum absolute atomic E-state index is 13.1. The molecular formula is C22H23N3O3. The van der Waals surface area contributed by atoms with Crippen LogP contribution in [0.3, 0.4) is 0 Å². The number of methoxy groups -OCH3 is 1. The number of aliphatic imine (C=N–C) groups is 1. The predicted octanol–water partition coefficient (Wildman–Crippen LogP) is 3.64. The van der Waals surface area contributed by atoms with E-state index in [1.165, 1.54) is 11.8 Å². The second-order valence-electron chi connectivity index (χ2n) is 6.74. The SMILES string of the molecule is COC(=O)Cc1[nH]n(-c2ccccc2)c(=O)c1C(C)=Nc1cc(C)cc(C)c1. The first-order valence-electron chi connectivity index (χ1n) is 8.99. The van der Waals surface area contributed by atoms with Crippen LogP contribution < -0.4 is 5.56 Å². The number of aromatic amines is 1. The lowest BCUT2D eigenvalue weighted by Crippen LogP contribution is -2.20. The molecule has 6 heteroatoms. The standard InChI is InChI=1S/C22H23N3O3/c1-14-10-15(2)12-17(11-14)23-16(3)21-19(13-20(26)28-4)24-25(22(21)27)18-8-6-5-7-9-18/h5-12,24H,13H2,1-4H3. The maximum Gasteiger partial charge on any atom is 0.311 e. The summed E-state index contributed by atoms with van der Waals surface area (Å²) >= 11 is 0. The van der Waals surface area contributed by atoms with Crippen molar-refractivity contribution in [3.8, 4) is 5.69 Å². The van der Waals surface area contributed by atoms with E-state index in [0.717, 1.165) is 16.8 Å². The molecule has 1 aromatic heterocycles. The van der Waals surface area contributed by atoms with Crippen molar-refractivity contribution in [1.29, 1.82) is 0 Å². The van der Waals surface area contributed by atoms with Crippen molar-refractivity contribution >= 4 is 17.4 Å². The van der Waals surface area contributed by atoms with Crippen molar-refractivity contribution < 1.29 is 9.53 Å². The van der Waals surface area contributed by atoms with Crippen LogP contribution in [0.2, 0.25) is 0 Å². The Labute approximate surface area is 163 Å². The highest BCUT2D eigenvalue weighted by molar-refractivity contribution is 6.01. The summed E-state index contributed by atoms with van der Waals surface area (Å²) in [5.41, 5.74) is 4.79. The minimum atomic E-state index is -0.429. The van der Waals surface area contributed by atoms with Gasteiger partial charge < -0.3 is 4.74 Å². The van der Waals surface area contributed by atoms with E-state index in [1.807, 2.05) is 56.3 Å². The van der Waals surface area contributed by atoms with Crippen LogP contribution in [0.4, 0.5) is 5.69 Å². The molecule has 144 valence electrons. The molecule has 3 rings (SSSR count). The van der Waals surface area contributed by atoms with Crippen LogP contribution >= 0.6 is 0 Å². The average Bonchev–Trinajstić information content (AvgIpc) is 2.97. The molecule has 0 atom stereocenters. The lowest BCUT2D eigenvalue weighted by atomic mass is 10.1. The average molecular weight is 377 g/mol. The van der Waals surface area contributed by atoms with Gasteiger partial charge in [0.25, 0.3) is 5.56 Å². The highest BCUT2D eigenvalue weighted by atomic mass is 16.5. The number of aryl methyl sites for hydroxylation is 2. The summed E-state index contributed by atoms with van der Waals surface area (Å²) in [6.45, 7) is 5.78. The largest absolute Gasteiger partial charge is 0.469 e. The first kappa shape index (κ1) is 19.4. The van der Waals surface area contributed by atoms with Crippen LogP contribution in [0.15, 0.2) is 58.3 Å². The Morgan fingerprint density at radius 2 is 1.75 bits per heavy atom. The van der Waals surface area contributed by atoms with Crippen molar-refractivity contribution in [3.05, 3.63) is 81.3 Å². The van der Waals surface area contributed by atoms with Crippen molar-refractivity contribution in [3.63, 3.8) is 0 Å². The lowest BCUT2D eigenvalue weighted by molar-refractivity contribution is -0.139. The molecule has 1 heterocycles. The van der Waals surface area contributed by atoms with Gasteiger partial charge in [-0.25, -0.2) is 4.68 Å². The summed E-state index contributed by atoms with van der Waals surface area (Å²) in [4.78, 5) is 29.6. The van der Waals surface area contributed by atoms with Gasteiger partial charge in [0.1, 0.15) is 0 Å². The minimum absolute atomic E-state index is 0.0411. The summed E-state index contributed by atoms with van der Waals surface area (Å²) in [6.07, 6.45) is -0.0411. The number of nitrogens with zero attached hydrogens (tertiary/aromatic N) is 2. The monoisotopic (exact) mass is 377 g/mol. The fourth-order valence-electron chi connectivity index (χ4n) is 3.22. The molecule has 3 aromatic rings. The van der Waals surface area contributed by atoms with Crippen molar-refractivity contribution in [2.45, 2.75) is 27.2 Å². The number of benzene rings is 2. The van der Waals surface area contributed by atoms with Gasteiger partial charge in [-0.05, 0) is 56.2 Å². The van der Waals surface area contributed by atoms with Gasteiger partial charge >= 0.3 is 5.97 Å². The van der Waals surface area contributed by atoms with Gasteiger partial charge in [0.15, 0.2) is 0 Å². The first-order chi connectivity index (χ1) is 13.4. The summed E-state index contributed by atoms with van der Waals surface area (Å²) in [5, 5.41) is 3.04. The van der Waals surface area contributed by atoms with Gasteiger partial charge in [-0.3, -0.25) is 19.7 Å². The zero-order chi connectivity index (χ0) is 20.3. The van der Waals surface area contributed by atoms with Crippen LogP contribution in [0.1, 0.15) is 29.3 Å². The summed E-state index contributed by atoms with van der Waals surface area (Å²) in [6, 6.07) is 15.2. The molecule has 0 saturated heterocycles. The Bertz CT molecular complexity index is 1070. The molecule has 2 aromatic carbocycles. The molecule has 0 radical (unpaired) electrons. The number of esters is 1. The van der Waals surface area contributed by atoms with Crippen LogP contribution in [0, 0.1) is 13.8 Å². The number of para-hydroxylation sites is 1. The summed E-state index contributed by atoms with van der Waals surface area (Å²) < 4.78 is 6.21. The zero-order valence-corrected chi connectivity index (χ0v) is 16.4. The molecule has 0 spiro atoms. The van der Waals surface area contributed by atoms with Gasteiger partial charge in [-0.15, -0.1) is 0 Å². The number of aromatic nitrogens is 2. The van der Waals surface area contributed by atoms with Gasteiger partial charge in [-0.1, -0.05) is 24.3 Å². The molecule has 0 bridgehead atoms. The molecule has 6 nitrogen and oxygen atoms in total. The Hall–Kier alpha value is -3.41. The Morgan fingerprint density at radius 1 is 1.11 bits per heavy atom. The van der Waals surface area contributed by atoms with Crippen LogP contribution in [0.5, 0.6) is 0 Å². The molecule has 0 amide bonds. The molecule has 0 fully saturated rings. The highest BCUT2D eigenvalue weighted by Gasteiger charge is 2.20. The van der Waals surface area contributed by atoms with Crippen LogP contribution in [-0.4, -0.2) is 28.6 Å². The smallest absolute Gasteiger partial charge is 0.311 e.